The summed E-state index contributed by atoms with van der Waals surface area (Å²) in [6.07, 6.45) is 2.30. The molecule has 0 bridgehead atoms. The molecular formula is C33H33BrF3N9O2. The fourth-order valence-corrected chi connectivity index (χ4v) is 5.94. The van der Waals surface area contributed by atoms with E-state index < -0.39 is 11.7 Å². The molecule has 1 aliphatic rings. The molecule has 4 heterocycles. The van der Waals surface area contributed by atoms with E-state index in [0.29, 0.717) is 42.9 Å². The monoisotopic (exact) mass is 723 g/mol. The van der Waals surface area contributed by atoms with Crippen molar-refractivity contribution in [2.75, 3.05) is 14.1 Å². The van der Waals surface area contributed by atoms with E-state index in [1.807, 2.05) is 36.0 Å². The fourth-order valence-electron chi connectivity index (χ4n) is 5.47. The highest BCUT2D eigenvalue weighted by atomic mass is 79.9. The summed E-state index contributed by atoms with van der Waals surface area (Å²) in [7, 11) is 5.56. The Labute approximate surface area is 282 Å². The summed E-state index contributed by atoms with van der Waals surface area (Å²) in [5, 5.41) is 12.8. The van der Waals surface area contributed by atoms with E-state index >= 15 is 0 Å². The van der Waals surface area contributed by atoms with Gasteiger partial charge in [0, 0.05) is 60.3 Å². The number of hydrogen-bond acceptors (Lipinski definition) is 8. The number of halogens is 4. The van der Waals surface area contributed by atoms with Crippen LogP contribution in [0.5, 0.6) is 0 Å². The Morgan fingerprint density at radius 3 is 2.52 bits per heavy atom. The van der Waals surface area contributed by atoms with E-state index in [0.717, 1.165) is 28.5 Å². The number of aliphatic imine (C=N–C) groups is 1. The van der Waals surface area contributed by atoms with Crippen molar-refractivity contribution < 1.29 is 18.0 Å². The molecule has 0 fully saturated rings. The lowest BCUT2D eigenvalue weighted by molar-refractivity contribution is -0.138. The molecule has 0 radical (unpaired) electrons. The van der Waals surface area contributed by atoms with E-state index in [4.69, 9.17) is 10.8 Å². The number of aldehydes is 1. The van der Waals surface area contributed by atoms with Crippen molar-refractivity contribution in [3.63, 3.8) is 0 Å². The van der Waals surface area contributed by atoms with Gasteiger partial charge in [-0.05, 0) is 38.1 Å². The molecule has 48 heavy (non-hydrogen) atoms. The van der Waals surface area contributed by atoms with Crippen LogP contribution < -0.4 is 11.3 Å². The van der Waals surface area contributed by atoms with Gasteiger partial charge in [-0.25, -0.2) is 9.08 Å². The van der Waals surface area contributed by atoms with Gasteiger partial charge in [-0.15, -0.1) is 10.2 Å². The summed E-state index contributed by atoms with van der Waals surface area (Å²) in [5.41, 5.74) is 10.6. The van der Waals surface area contributed by atoms with Crippen molar-refractivity contribution in [3.8, 4) is 0 Å². The predicted octanol–water partition coefficient (Wildman–Crippen LogP) is 4.75. The first kappa shape index (κ1) is 34.4. The lowest BCUT2D eigenvalue weighted by Crippen LogP contribution is -2.42. The molecule has 3 aromatic heterocycles. The average Bonchev–Trinajstić information content (AvgIpc) is 3.67. The van der Waals surface area contributed by atoms with Crippen molar-refractivity contribution in [1.82, 2.24) is 33.8 Å². The number of nitrogens with two attached hydrogens (primary N) is 1. The third-order valence-electron chi connectivity index (χ3n) is 8.14. The minimum absolute atomic E-state index is 0.00975. The summed E-state index contributed by atoms with van der Waals surface area (Å²) in [6, 6.07) is 13.7. The van der Waals surface area contributed by atoms with Crippen LogP contribution in [0.15, 0.2) is 81.4 Å². The van der Waals surface area contributed by atoms with Crippen LogP contribution in [0.3, 0.4) is 0 Å². The van der Waals surface area contributed by atoms with Crippen LogP contribution in [0.25, 0.3) is 11.5 Å². The second kappa shape index (κ2) is 14.1. The molecule has 6 rings (SSSR count). The van der Waals surface area contributed by atoms with E-state index in [-0.39, 0.29) is 27.5 Å². The Morgan fingerprint density at radius 1 is 1.17 bits per heavy atom. The van der Waals surface area contributed by atoms with Crippen molar-refractivity contribution in [2.24, 2.45) is 17.8 Å². The van der Waals surface area contributed by atoms with Gasteiger partial charge in [-0.2, -0.15) is 18.3 Å². The highest BCUT2D eigenvalue weighted by molar-refractivity contribution is 9.10. The van der Waals surface area contributed by atoms with Gasteiger partial charge in [0.2, 0.25) is 0 Å². The molecule has 5 aromatic rings. The first-order valence-electron chi connectivity index (χ1n) is 14.8. The molecule has 1 aliphatic heterocycles. The standard InChI is InChI=1S/C25H29N9O.C8H4BrF3O/c1-16-10-19-21(14-31(16)3)34-24(18(13-29-34)11-17-8-6-5-7-9-17)33(25(19)35)22(26)12-20(27-2)23-30-28-15-32(23)4;9-7-2-1-5(4-13)3-6(7)8(10,11)12/h5-9,12-13,15-16H,10-11,14,26H2,1-4H3;1-4H/b22-12+,27-20?;. The smallest absolute Gasteiger partial charge is 0.385 e. The minimum Gasteiger partial charge on any atom is -0.385 e. The number of hydrogen-bond donors (Lipinski definition) is 1. The van der Waals surface area contributed by atoms with Gasteiger partial charge in [0.1, 0.15) is 29.8 Å². The van der Waals surface area contributed by atoms with Crippen LogP contribution in [-0.2, 0) is 32.6 Å². The Morgan fingerprint density at radius 2 is 1.90 bits per heavy atom. The Hall–Kier alpha value is -4.89. The van der Waals surface area contributed by atoms with E-state index in [2.05, 4.69) is 62.1 Å². The van der Waals surface area contributed by atoms with E-state index in [1.165, 1.54) is 12.1 Å². The quantitative estimate of drug-likeness (QED) is 0.198. The van der Waals surface area contributed by atoms with Crippen molar-refractivity contribution >= 4 is 39.4 Å². The highest BCUT2D eigenvalue weighted by Gasteiger charge is 2.33. The van der Waals surface area contributed by atoms with Crippen LogP contribution in [0.1, 0.15) is 51.1 Å². The summed E-state index contributed by atoms with van der Waals surface area (Å²) >= 11 is 2.76. The van der Waals surface area contributed by atoms with Gasteiger partial charge in [-0.1, -0.05) is 52.3 Å². The zero-order valence-electron chi connectivity index (χ0n) is 26.6. The second-order valence-corrected chi connectivity index (χ2v) is 12.3. The third kappa shape index (κ3) is 7.01. The third-order valence-corrected chi connectivity index (χ3v) is 8.83. The number of aromatic nitrogens is 6. The van der Waals surface area contributed by atoms with Crippen LogP contribution in [-0.4, -0.2) is 66.0 Å². The number of fused-ring (bicyclic) bond motifs is 3. The molecule has 0 saturated carbocycles. The molecule has 0 amide bonds. The molecule has 0 aliphatic carbocycles. The largest absolute Gasteiger partial charge is 0.417 e. The SMILES string of the molecule is CN=C(/C=C(\N)n1c(=O)c2c(n3ncc(Cc4ccccc4)c13)CN(C)C(C)C2)c1nncn1C.O=Cc1ccc(Br)c(C(F)(F)F)c1. The van der Waals surface area contributed by atoms with Crippen molar-refractivity contribution in [3.05, 3.63) is 121 Å². The fraction of sp³-hybridized carbons (Fsp3) is 0.273. The molecule has 2 aromatic carbocycles. The summed E-state index contributed by atoms with van der Waals surface area (Å²) in [5.74, 6) is 0.818. The van der Waals surface area contributed by atoms with Crippen molar-refractivity contribution in [2.45, 2.75) is 38.5 Å². The van der Waals surface area contributed by atoms with Crippen LogP contribution >= 0.6 is 15.9 Å². The van der Waals surface area contributed by atoms with Crippen molar-refractivity contribution in [1.29, 1.82) is 0 Å². The predicted molar refractivity (Wildman–Crippen MR) is 180 cm³/mol. The van der Waals surface area contributed by atoms with E-state index in [1.54, 1.807) is 28.6 Å². The molecule has 0 spiro atoms. The highest BCUT2D eigenvalue weighted by Crippen LogP contribution is 2.35. The molecule has 0 saturated heterocycles. The molecule has 250 valence electrons. The first-order chi connectivity index (χ1) is 22.8. The summed E-state index contributed by atoms with van der Waals surface area (Å²) in [4.78, 5) is 30.8. The average molecular weight is 725 g/mol. The lowest BCUT2D eigenvalue weighted by atomic mass is 10.00. The Kier molecular flexibility index (Phi) is 10.1. The number of nitrogens with zero attached hydrogens (tertiary/aromatic N) is 8. The molecule has 1 atom stereocenters. The molecule has 15 heteroatoms. The number of likely N-dealkylation sites (N-methyl/N-ethyl adjacent to an activating group) is 1. The normalized spacial score (nSPS) is 15.6. The van der Waals surface area contributed by atoms with Gasteiger partial charge >= 0.3 is 6.18 Å². The Bertz CT molecular complexity index is 2080. The lowest BCUT2D eigenvalue weighted by Gasteiger charge is -2.32. The Balaban J connectivity index is 0.000000292. The first-order valence-corrected chi connectivity index (χ1v) is 15.6. The van der Waals surface area contributed by atoms with Gasteiger partial charge in [0.25, 0.3) is 5.56 Å². The second-order valence-electron chi connectivity index (χ2n) is 11.4. The van der Waals surface area contributed by atoms with Gasteiger partial charge in [0.05, 0.1) is 17.5 Å². The van der Waals surface area contributed by atoms with Gasteiger partial charge < -0.3 is 10.3 Å². The molecular weight excluding hydrogens is 691 g/mol. The summed E-state index contributed by atoms with van der Waals surface area (Å²) < 4.78 is 41.8. The molecule has 2 N–H and O–H groups in total. The minimum atomic E-state index is -4.43. The van der Waals surface area contributed by atoms with E-state index in [9.17, 15) is 22.8 Å². The number of benzene rings is 2. The topological polar surface area (TPSA) is 129 Å². The van der Waals surface area contributed by atoms with Crippen LogP contribution in [0.2, 0.25) is 0 Å². The maximum absolute atomic E-state index is 14.0. The number of carbonyl (C=O) groups is 1. The number of rotatable bonds is 6. The van der Waals surface area contributed by atoms with Gasteiger partial charge in [-0.3, -0.25) is 19.5 Å². The zero-order chi connectivity index (χ0) is 34.7. The van der Waals surface area contributed by atoms with Crippen LogP contribution in [0, 0.1) is 0 Å². The number of aryl methyl sites for hydroxylation is 1. The maximum atomic E-state index is 14.0. The number of carbonyl (C=O) groups excluding carboxylic acids is 1. The number of allylic oxidation sites excluding steroid dienone is 1. The maximum Gasteiger partial charge on any atom is 0.417 e. The molecule has 11 nitrogen and oxygen atoms in total. The summed E-state index contributed by atoms with van der Waals surface area (Å²) in [6.45, 7) is 2.76. The van der Waals surface area contributed by atoms with Crippen LogP contribution in [0.4, 0.5) is 13.2 Å². The molecule has 1 unspecified atom stereocenters. The van der Waals surface area contributed by atoms with Gasteiger partial charge in [0.15, 0.2) is 5.82 Å². The zero-order valence-corrected chi connectivity index (χ0v) is 28.2. The number of alkyl halides is 3.